The van der Waals surface area contributed by atoms with Crippen molar-refractivity contribution in [2.24, 2.45) is 5.41 Å². The molecule has 0 aliphatic carbocycles. The van der Waals surface area contributed by atoms with Crippen molar-refractivity contribution in [3.05, 3.63) is 29.3 Å². The minimum absolute atomic E-state index is 0.145. The molecule has 0 spiro atoms. The number of Topliss-reactive ketones (excluding diaryl/α,β-unsaturated/α-hetero) is 1. The number of carbonyl (C=O) groups is 1. The Morgan fingerprint density at radius 1 is 1.00 bits per heavy atom. The first kappa shape index (κ1) is 15.2. The van der Waals surface area contributed by atoms with Gasteiger partial charge in [-0.25, -0.2) is 8.42 Å². The van der Waals surface area contributed by atoms with Crippen LogP contribution in [0.4, 0.5) is 0 Å². The van der Waals surface area contributed by atoms with Gasteiger partial charge in [-0.05, 0) is 28.5 Å². The zero-order valence-electron chi connectivity index (χ0n) is 12.9. The topological polar surface area (TPSA) is 51.2 Å². The first-order valence-corrected chi connectivity index (χ1v) is 8.34. The van der Waals surface area contributed by atoms with E-state index < -0.39 is 20.5 Å². The molecule has 0 saturated carbocycles. The van der Waals surface area contributed by atoms with E-state index in [4.69, 9.17) is 0 Å². The maximum atomic E-state index is 12.7. The van der Waals surface area contributed by atoms with Gasteiger partial charge in [0.15, 0.2) is 15.6 Å². The number of rotatable bonds is 0. The van der Waals surface area contributed by atoms with Gasteiger partial charge in [-0.3, -0.25) is 4.79 Å². The van der Waals surface area contributed by atoms with Crippen LogP contribution in [0, 0.1) is 5.41 Å². The van der Waals surface area contributed by atoms with Crippen LogP contribution in [0.15, 0.2) is 23.1 Å². The van der Waals surface area contributed by atoms with Crippen molar-refractivity contribution in [2.75, 3.05) is 0 Å². The zero-order chi connectivity index (χ0) is 15.5. The second-order valence-corrected chi connectivity index (χ2v) is 9.62. The van der Waals surface area contributed by atoms with Crippen molar-refractivity contribution in [1.82, 2.24) is 0 Å². The maximum Gasteiger partial charge on any atom is 0.189 e. The van der Waals surface area contributed by atoms with Gasteiger partial charge in [0.2, 0.25) is 0 Å². The molecule has 1 aromatic rings. The summed E-state index contributed by atoms with van der Waals surface area (Å²) in [6, 6.07) is 5.20. The molecule has 1 aliphatic heterocycles. The fraction of sp³-hybridized carbons (Fsp3) is 0.562. The molecule has 1 heterocycles. The molecule has 1 aromatic carbocycles. The summed E-state index contributed by atoms with van der Waals surface area (Å²) in [7, 11) is -3.59. The SMILES string of the molecule is CC(C)(C)c1ccc2c(c1)S(=O)(=O)C(C(C)(C)C)C2=O. The van der Waals surface area contributed by atoms with Gasteiger partial charge in [0.25, 0.3) is 0 Å². The molecule has 0 N–H and O–H groups in total. The summed E-state index contributed by atoms with van der Waals surface area (Å²) in [5.41, 5.74) is 0.532. The Morgan fingerprint density at radius 2 is 1.55 bits per heavy atom. The lowest BCUT2D eigenvalue weighted by Gasteiger charge is -2.24. The Kier molecular flexibility index (Phi) is 3.17. The number of benzene rings is 1. The molecule has 110 valence electrons. The zero-order valence-corrected chi connectivity index (χ0v) is 13.8. The molecular weight excluding hydrogens is 272 g/mol. The Hall–Kier alpha value is -1.16. The van der Waals surface area contributed by atoms with Crippen LogP contribution < -0.4 is 0 Å². The van der Waals surface area contributed by atoms with Crippen molar-refractivity contribution in [3.8, 4) is 0 Å². The van der Waals surface area contributed by atoms with Gasteiger partial charge in [0.05, 0.1) is 4.90 Å². The minimum Gasteiger partial charge on any atom is -0.293 e. The van der Waals surface area contributed by atoms with Crippen molar-refractivity contribution in [3.63, 3.8) is 0 Å². The summed E-state index contributed by atoms with van der Waals surface area (Å²) in [5.74, 6) is -0.270. The third-order valence-corrected chi connectivity index (χ3v) is 6.25. The summed E-state index contributed by atoms with van der Waals surface area (Å²) in [6.07, 6.45) is 0. The minimum atomic E-state index is -3.59. The van der Waals surface area contributed by atoms with E-state index in [0.29, 0.717) is 5.56 Å². The van der Waals surface area contributed by atoms with Crippen LogP contribution in [0.3, 0.4) is 0 Å². The molecule has 20 heavy (non-hydrogen) atoms. The molecule has 1 atom stereocenters. The summed E-state index contributed by atoms with van der Waals surface area (Å²) >= 11 is 0. The van der Waals surface area contributed by atoms with E-state index in [-0.39, 0.29) is 16.1 Å². The molecule has 0 amide bonds. The standard InChI is InChI=1S/C16H22O3S/c1-15(2,3)10-7-8-11-12(9-10)20(18,19)14(13(11)17)16(4,5)6/h7-9,14H,1-6H3. The van der Waals surface area contributed by atoms with Gasteiger partial charge in [-0.15, -0.1) is 0 Å². The summed E-state index contributed by atoms with van der Waals surface area (Å²) in [6.45, 7) is 11.5. The van der Waals surface area contributed by atoms with Gasteiger partial charge in [0.1, 0.15) is 5.25 Å². The third kappa shape index (κ3) is 2.20. The smallest absolute Gasteiger partial charge is 0.189 e. The highest BCUT2D eigenvalue weighted by molar-refractivity contribution is 7.93. The van der Waals surface area contributed by atoms with Crippen molar-refractivity contribution in [2.45, 2.75) is 57.1 Å². The summed E-state index contributed by atoms with van der Waals surface area (Å²) < 4.78 is 25.4. The van der Waals surface area contributed by atoms with E-state index in [2.05, 4.69) is 0 Å². The fourth-order valence-electron chi connectivity index (χ4n) is 2.70. The number of carbonyl (C=O) groups excluding carboxylic acids is 1. The van der Waals surface area contributed by atoms with Crippen LogP contribution in [-0.4, -0.2) is 19.5 Å². The van der Waals surface area contributed by atoms with E-state index in [1.807, 2.05) is 26.8 Å². The molecule has 2 rings (SSSR count). The normalized spacial score (nSPS) is 21.9. The second-order valence-electron chi connectivity index (χ2n) is 7.62. The highest BCUT2D eigenvalue weighted by Crippen LogP contribution is 2.41. The largest absolute Gasteiger partial charge is 0.293 e. The van der Waals surface area contributed by atoms with E-state index in [1.165, 1.54) is 0 Å². The van der Waals surface area contributed by atoms with Crippen LogP contribution >= 0.6 is 0 Å². The Morgan fingerprint density at radius 3 is 2.00 bits per heavy atom. The number of hydrogen-bond acceptors (Lipinski definition) is 3. The molecule has 0 bridgehead atoms. The van der Waals surface area contributed by atoms with E-state index >= 15 is 0 Å². The van der Waals surface area contributed by atoms with Crippen LogP contribution in [0.2, 0.25) is 0 Å². The molecule has 1 aliphatic rings. The number of sulfone groups is 1. The van der Waals surface area contributed by atoms with Gasteiger partial charge >= 0.3 is 0 Å². The highest BCUT2D eigenvalue weighted by atomic mass is 32.2. The van der Waals surface area contributed by atoms with Crippen molar-refractivity contribution < 1.29 is 13.2 Å². The maximum absolute atomic E-state index is 12.7. The van der Waals surface area contributed by atoms with Crippen molar-refractivity contribution >= 4 is 15.6 Å². The first-order valence-electron chi connectivity index (χ1n) is 6.79. The Bertz CT molecular complexity index is 671. The van der Waals surface area contributed by atoms with Crippen LogP contribution in [0.1, 0.15) is 57.5 Å². The molecule has 0 radical (unpaired) electrons. The molecule has 0 aromatic heterocycles. The Balaban J connectivity index is 2.70. The molecule has 4 heteroatoms. The average Bonchev–Trinajstić information content (AvgIpc) is 2.44. The predicted octanol–water partition coefficient (Wildman–Crippen LogP) is 3.37. The summed E-state index contributed by atoms with van der Waals surface area (Å²) in [4.78, 5) is 12.6. The number of fused-ring (bicyclic) bond motifs is 1. The quantitative estimate of drug-likeness (QED) is 0.737. The third-order valence-electron chi connectivity index (χ3n) is 3.75. The average molecular weight is 294 g/mol. The fourth-order valence-corrected chi connectivity index (χ4v) is 5.06. The lowest BCUT2D eigenvalue weighted by Crippen LogP contribution is -2.36. The van der Waals surface area contributed by atoms with E-state index in [1.54, 1.807) is 32.9 Å². The number of hydrogen-bond donors (Lipinski definition) is 0. The molecule has 1 unspecified atom stereocenters. The summed E-state index contributed by atoms with van der Waals surface area (Å²) in [5, 5.41) is -0.972. The van der Waals surface area contributed by atoms with Gasteiger partial charge in [-0.1, -0.05) is 47.6 Å². The van der Waals surface area contributed by atoms with Crippen LogP contribution in [0.25, 0.3) is 0 Å². The molecule has 3 nitrogen and oxygen atoms in total. The molecular formula is C16H22O3S. The highest BCUT2D eigenvalue weighted by Gasteiger charge is 2.50. The first-order chi connectivity index (χ1) is 8.87. The molecule has 0 saturated heterocycles. The van der Waals surface area contributed by atoms with Gasteiger partial charge in [0, 0.05) is 5.56 Å². The van der Waals surface area contributed by atoms with Crippen LogP contribution in [0.5, 0.6) is 0 Å². The van der Waals surface area contributed by atoms with Crippen molar-refractivity contribution in [1.29, 1.82) is 0 Å². The lowest BCUT2D eigenvalue weighted by atomic mass is 9.84. The number of ketones is 1. The monoisotopic (exact) mass is 294 g/mol. The van der Waals surface area contributed by atoms with E-state index in [0.717, 1.165) is 5.56 Å². The predicted molar refractivity (Wildman–Crippen MR) is 79.9 cm³/mol. The van der Waals surface area contributed by atoms with E-state index in [9.17, 15) is 13.2 Å². The van der Waals surface area contributed by atoms with Crippen LogP contribution in [-0.2, 0) is 15.3 Å². The second kappa shape index (κ2) is 4.17. The van der Waals surface area contributed by atoms with Gasteiger partial charge in [-0.2, -0.15) is 0 Å². The molecule has 0 fully saturated rings. The van der Waals surface area contributed by atoms with Gasteiger partial charge < -0.3 is 0 Å². The lowest BCUT2D eigenvalue weighted by molar-refractivity contribution is 0.0951. The Labute approximate surface area is 121 Å².